The van der Waals surface area contributed by atoms with E-state index >= 15 is 0 Å². The molecule has 17 heavy (non-hydrogen) atoms. The van der Waals surface area contributed by atoms with Gasteiger partial charge in [-0.15, -0.1) is 0 Å². The Morgan fingerprint density at radius 3 is 2.29 bits per heavy atom. The third-order valence-electron chi connectivity index (χ3n) is 3.15. The summed E-state index contributed by atoms with van der Waals surface area (Å²) >= 11 is 0. The second kappa shape index (κ2) is 5.22. The molecule has 2 aliphatic heterocycles. The molecule has 2 aliphatic rings. The van der Waals surface area contributed by atoms with Gasteiger partial charge in [-0.3, -0.25) is 0 Å². The molecule has 6 nitrogen and oxygen atoms in total. The van der Waals surface area contributed by atoms with Gasteiger partial charge in [0.1, 0.15) is 9.84 Å². The predicted octanol–water partition coefficient (Wildman–Crippen LogP) is -0.348. The molecule has 1 atom stereocenters. The summed E-state index contributed by atoms with van der Waals surface area (Å²) in [6.07, 6.45) is 1.86. The zero-order valence-electron chi connectivity index (χ0n) is 9.65. The zero-order valence-corrected chi connectivity index (χ0v) is 10.5. The quantitative estimate of drug-likeness (QED) is 0.712. The standard InChI is InChI=1S/C10H18N2O4S/c13-10(12-9-1-4-16-7-9)11-8-2-5-17(14,15)6-3-8/h8-9H,1-7H2,(H2,11,12,13). The van der Waals surface area contributed by atoms with E-state index in [1.54, 1.807) is 0 Å². The summed E-state index contributed by atoms with van der Waals surface area (Å²) in [5.41, 5.74) is 0. The zero-order chi connectivity index (χ0) is 12.3. The lowest BCUT2D eigenvalue weighted by Crippen LogP contribution is -2.48. The molecular weight excluding hydrogens is 244 g/mol. The van der Waals surface area contributed by atoms with Gasteiger partial charge in [0.15, 0.2) is 0 Å². The minimum absolute atomic E-state index is 0.0270. The van der Waals surface area contributed by atoms with Gasteiger partial charge in [-0.2, -0.15) is 0 Å². The number of urea groups is 1. The first-order valence-corrected chi connectivity index (χ1v) is 7.72. The Labute approximate surface area is 101 Å². The van der Waals surface area contributed by atoms with E-state index in [4.69, 9.17) is 4.74 Å². The molecule has 0 radical (unpaired) electrons. The van der Waals surface area contributed by atoms with Crippen LogP contribution in [0.2, 0.25) is 0 Å². The lowest BCUT2D eigenvalue weighted by Gasteiger charge is -2.23. The Morgan fingerprint density at radius 1 is 1.06 bits per heavy atom. The van der Waals surface area contributed by atoms with Crippen molar-refractivity contribution in [3.8, 4) is 0 Å². The highest BCUT2D eigenvalue weighted by molar-refractivity contribution is 7.91. The van der Waals surface area contributed by atoms with Crippen molar-refractivity contribution in [1.82, 2.24) is 10.6 Å². The van der Waals surface area contributed by atoms with Gasteiger partial charge in [0, 0.05) is 12.6 Å². The van der Waals surface area contributed by atoms with Gasteiger partial charge in [-0.25, -0.2) is 13.2 Å². The van der Waals surface area contributed by atoms with E-state index in [2.05, 4.69) is 10.6 Å². The van der Waals surface area contributed by atoms with Crippen LogP contribution in [0, 0.1) is 0 Å². The van der Waals surface area contributed by atoms with Crippen molar-refractivity contribution >= 4 is 15.9 Å². The molecule has 0 bridgehead atoms. The van der Waals surface area contributed by atoms with E-state index in [0.29, 0.717) is 26.1 Å². The summed E-state index contributed by atoms with van der Waals surface area (Å²) in [4.78, 5) is 11.6. The molecule has 2 N–H and O–H groups in total. The van der Waals surface area contributed by atoms with Gasteiger partial charge in [0.05, 0.1) is 24.2 Å². The highest BCUT2D eigenvalue weighted by Gasteiger charge is 2.25. The number of amides is 2. The van der Waals surface area contributed by atoms with E-state index in [1.807, 2.05) is 0 Å². The lowest BCUT2D eigenvalue weighted by atomic mass is 10.1. The third-order valence-corrected chi connectivity index (χ3v) is 4.87. The minimum Gasteiger partial charge on any atom is -0.379 e. The molecule has 2 heterocycles. The van der Waals surface area contributed by atoms with Crippen molar-refractivity contribution in [1.29, 1.82) is 0 Å². The first kappa shape index (κ1) is 12.6. The number of hydrogen-bond donors (Lipinski definition) is 2. The number of sulfone groups is 1. The molecule has 0 saturated carbocycles. The van der Waals surface area contributed by atoms with E-state index in [-0.39, 0.29) is 29.6 Å². The van der Waals surface area contributed by atoms with Gasteiger partial charge < -0.3 is 15.4 Å². The molecule has 98 valence electrons. The van der Waals surface area contributed by atoms with Crippen LogP contribution in [0.5, 0.6) is 0 Å². The summed E-state index contributed by atoms with van der Waals surface area (Å²) in [7, 11) is -2.87. The SMILES string of the molecule is O=C(NC1CCS(=O)(=O)CC1)NC1CCOC1. The van der Waals surface area contributed by atoms with Crippen molar-refractivity contribution in [3.63, 3.8) is 0 Å². The number of carbonyl (C=O) groups excluding carboxylic acids is 1. The van der Waals surface area contributed by atoms with Crippen LogP contribution in [0.15, 0.2) is 0 Å². The molecule has 2 fully saturated rings. The molecule has 2 saturated heterocycles. The Bertz CT molecular complexity index is 362. The average Bonchev–Trinajstić information content (AvgIpc) is 2.74. The highest BCUT2D eigenvalue weighted by Crippen LogP contribution is 2.12. The topological polar surface area (TPSA) is 84.5 Å². The van der Waals surface area contributed by atoms with Gasteiger partial charge in [0.25, 0.3) is 0 Å². The second-order valence-corrected chi connectivity index (χ2v) is 6.91. The predicted molar refractivity (Wildman–Crippen MR) is 62.6 cm³/mol. The molecule has 7 heteroatoms. The summed E-state index contributed by atoms with van der Waals surface area (Å²) in [5, 5.41) is 5.64. The van der Waals surface area contributed by atoms with Crippen LogP contribution < -0.4 is 10.6 Å². The van der Waals surface area contributed by atoms with Crippen molar-refractivity contribution in [2.75, 3.05) is 24.7 Å². The van der Waals surface area contributed by atoms with E-state index in [0.717, 1.165) is 6.42 Å². The third kappa shape index (κ3) is 3.85. The largest absolute Gasteiger partial charge is 0.379 e. The summed E-state index contributed by atoms with van der Waals surface area (Å²) < 4.78 is 27.6. The van der Waals surface area contributed by atoms with Crippen molar-refractivity contribution < 1.29 is 17.9 Å². The molecule has 0 spiro atoms. The summed E-state index contributed by atoms with van der Waals surface area (Å²) in [5.74, 6) is 0.342. The van der Waals surface area contributed by atoms with Crippen LogP contribution in [0.25, 0.3) is 0 Å². The fourth-order valence-corrected chi connectivity index (χ4v) is 3.59. The van der Waals surface area contributed by atoms with E-state index in [1.165, 1.54) is 0 Å². The van der Waals surface area contributed by atoms with Crippen LogP contribution in [-0.2, 0) is 14.6 Å². The summed E-state index contributed by atoms with van der Waals surface area (Å²) in [6.45, 7) is 1.25. The molecule has 2 rings (SSSR count). The fraction of sp³-hybridized carbons (Fsp3) is 0.900. The smallest absolute Gasteiger partial charge is 0.315 e. The van der Waals surface area contributed by atoms with Crippen LogP contribution in [0.3, 0.4) is 0 Å². The minimum atomic E-state index is -2.87. The highest BCUT2D eigenvalue weighted by atomic mass is 32.2. The first-order valence-electron chi connectivity index (χ1n) is 5.90. The molecule has 1 unspecified atom stereocenters. The molecule has 0 aromatic rings. The Kier molecular flexibility index (Phi) is 3.88. The number of carbonyl (C=O) groups is 1. The average molecular weight is 262 g/mol. The second-order valence-electron chi connectivity index (χ2n) is 4.60. The maximum Gasteiger partial charge on any atom is 0.315 e. The fourth-order valence-electron chi connectivity index (χ4n) is 2.10. The number of hydrogen-bond acceptors (Lipinski definition) is 4. The van der Waals surface area contributed by atoms with Crippen molar-refractivity contribution in [2.45, 2.75) is 31.3 Å². The van der Waals surface area contributed by atoms with Gasteiger partial charge in [0.2, 0.25) is 0 Å². The Balaban J connectivity index is 1.72. The van der Waals surface area contributed by atoms with Gasteiger partial charge >= 0.3 is 6.03 Å². The number of nitrogens with one attached hydrogen (secondary N) is 2. The monoisotopic (exact) mass is 262 g/mol. The maximum atomic E-state index is 11.6. The van der Waals surface area contributed by atoms with E-state index in [9.17, 15) is 13.2 Å². The lowest BCUT2D eigenvalue weighted by molar-refractivity contribution is 0.188. The first-order chi connectivity index (χ1) is 8.05. The maximum absolute atomic E-state index is 11.6. The Hall–Kier alpha value is -0.820. The molecule has 2 amide bonds. The van der Waals surface area contributed by atoms with Crippen LogP contribution in [-0.4, -0.2) is 51.3 Å². The number of ether oxygens (including phenoxy) is 1. The number of rotatable bonds is 2. The molecule has 0 aliphatic carbocycles. The van der Waals surface area contributed by atoms with Gasteiger partial charge in [-0.1, -0.05) is 0 Å². The van der Waals surface area contributed by atoms with Crippen LogP contribution in [0.4, 0.5) is 4.79 Å². The van der Waals surface area contributed by atoms with E-state index < -0.39 is 9.84 Å². The van der Waals surface area contributed by atoms with Crippen LogP contribution >= 0.6 is 0 Å². The van der Waals surface area contributed by atoms with Crippen molar-refractivity contribution in [2.24, 2.45) is 0 Å². The van der Waals surface area contributed by atoms with Crippen LogP contribution in [0.1, 0.15) is 19.3 Å². The van der Waals surface area contributed by atoms with Gasteiger partial charge in [-0.05, 0) is 19.3 Å². The molecule has 0 aromatic carbocycles. The Morgan fingerprint density at radius 2 is 1.71 bits per heavy atom. The molecule has 0 aromatic heterocycles. The summed E-state index contributed by atoms with van der Waals surface area (Å²) in [6, 6.07) is -0.159. The normalized spacial score (nSPS) is 28.8. The van der Waals surface area contributed by atoms with Crippen molar-refractivity contribution in [3.05, 3.63) is 0 Å². The molecular formula is C10H18N2O4S.